The second-order valence-electron chi connectivity index (χ2n) is 5.85. The third-order valence-corrected chi connectivity index (χ3v) is 4.00. The Morgan fingerprint density at radius 1 is 1.43 bits per heavy atom. The van der Waals surface area contributed by atoms with E-state index in [1.807, 2.05) is 18.2 Å². The van der Waals surface area contributed by atoms with E-state index in [0.717, 1.165) is 18.7 Å². The molecule has 0 aliphatic carbocycles. The van der Waals surface area contributed by atoms with Gasteiger partial charge in [0, 0.05) is 17.8 Å². The molecule has 0 radical (unpaired) electrons. The fourth-order valence-corrected chi connectivity index (χ4v) is 2.93. The number of carbonyl (C=O) groups excluding carboxylic acids is 1. The van der Waals surface area contributed by atoms with E-state index < -0.39 is 0 Å². The van der Waals surface area contributed by atoms with Gasteiger partial charge in [0.25, 0.3) is 0 Å². The molecule has 0 spiro atoms. The maximum absolute atomic E-state index is 11.5. The van der Waals surface area contributed by atoms with Crippen molar-refractivity contribution in [3.05, 3.63) is 29.8 Å². The van der Waals surface area contributed by atoms with Crippen LogP contribution in [0.1, 0.15) is 49.4 Å². The lowest BCUT2D eigenvalue weighted by molar-refractivity contribution is 0.0601. The summed E-state index contributed by atoms with van der Waals surface area (Å²) in [7, 11) is 1.41. The summed E-state index contributed by atoms with van der Waals surface area (Å²) in [6.07, 6.45) is 6.31. The maximum Gasteiger partial charge on any atom is 0.337 e. The molecule has 2 atom stereocenters. The summed E-state index contributed by atoms with van der Waals surface area (Å²) in [6.45, 7) is 3.33. The molecular formula is C17H26N2O2. The molecule has 1 heterocycles. The van der Waals surface area contributed by atoms with Gasteiger partial charge in [-0.1, -0.05) is 18.9 Å². The minimum absolute atomic E-state index is 0.295. The zero-order valence-corrected chi connectivity index (χ0v) is 13.0. The van der Waals surface area contributed by atoms with E-state index in [-0.39, 0.29) is 5.97 Å². The van der Waals surface area contributed by atoms with Gasteiger partial charge in [0.05, 0.1) is 12.7 Å². The van der Waals surface area contributed by atoms with Crippen LogP contribution in [0.15, 0.2) is 24.3 Å². The summed E-state index contributed by atoms with van der Waals surface area (Å²) >= 11 is 0. The number of rotatable bonds is 5. The van der Waals surface area contributed by atoms with E-state index >= 15 is 0 Å². The number of methoxy groups -OCH3 is 1. The molecule has 1 aliphatic rings. The highest BCUT2D eigenvalue weighted by atomic mass is 16.5. The molecule has 1 fully saturated rings. The number of hydrogen-bond acceptors (Lipinski definition) is 4. The summed E-state index contributed by atoms with van der Waals surface area (Å²) in [6, 6.07) is 8.46. The number of ether oxygens (including phenoxy) is 1. The summed E-state index contributed by atoms with van der Waals surface area (Å²) in [5.74, 6) is -0.295. The summed E-state index contributed by atoms with van der Waals surface area (Å²) < 4.78 is 4.75. The quantitative estimate of drug-likeness (QED) is 0.818. The highest BCUT2D eigenvalue weighted by Gasteiger charge is 2.15. The lowest BCUT2D eigenvalue weighted by Crippen LogP contribution is -2.33. The largest absolute Gasteiger partial charge is 0.465 e. The molecule has 1 aromatic rings. The standard InChI is InChI=1S/C17H26N2O2/c1-13(11-15-8-4-3-5-10-18-15)19-16-9-6-7-14(12-16)17(20)21-2/h6-7,9,12-13,15,18-19H,3-5,8,10-11H2,1-2H3. The van der Waals surface area contributed by atoms with E-state index in [1.54, 1.807) is 6.07 Å². The first-order chi connectivity index (χ1) is 10.2. The summed E-state index contributed by atoms with van der Waals surface area (Å²) in [4.78, 5) is 11.5. The number of esters is 1. The van der Waals surface area contributed by atoms with Gasteiger partial charge < -0.3 is 15.4 Å². The molecule has 0 aromatic heterocycles. The van der Waals surface area contributed by atoms with E-state index in [1.165, 1.54) is 32.8 Å². The Labute approximate surface area is 127 Å². The molecule has 4 heteroatoms. The number of nitrogens with one attached hydrogen (secondary N) is 2. The number of anilines is 1. The van der Waals surface area contributed by atoms with Gasteiger partial charge in [0.2, 0.25) is 0 Å². The molecule has 2 unspecified atom stereocenters. The monoisotopic (exact) mass is 290 g/mol. The van der Waals surface area contributed by atoms with Gasteiger partial charge in [-0.25, -0.2) is 4.79 Å². The first-order valence-corrected chi connectivity index (χ1v) is 7.87. The van der Waals surface area contributed by atoms with Crippen LogP contribution in [0.25, 0.3) is 0 Å². The van der Waals surface area contributed by atoms with Crippen molar-refractivity contribution < 1.29 is 9.53 Å². The fourth-order valence-electron chi connectivity index (χ4n) is 2.93. The van der Waals surface area contributed by atoms with E-state index in [4.69, 9.17) is 4.74 Å². The minimum atomic E-state index is -0.295. The van der Waals surface area contributed by atoms with Crippen molar-refractivity contribution in [1.82, 2.24) is 5.32 Å². The Bertz CT molecular complexity index is 454. The van der Waals surface area contributed by atoms with Crippen molar-refractivity contribution in [2.24, 2.45) is 0 Å². The van der Waals surface area contributed by atoms with Crippen LogP contribution >= 0.6 is 0 Å². The van der Waals surface area contributed by atoms with Crippen LogP contribution in [0.4, 0.5) is 5.69 Å². The van der Waals surface area contributed by atoms with Gasteiger partial charge in [-0.05, 0) is 50.9 Å². The Kier molecular flexibility index (Phi) is 6.05. The van der Waals surface area contributed by atoms with Crippen LogP contribution in [-0.4, -0.2) is 31.7 Å². The Hall–Kier alpha value is -1.55. The van der Waals surface area contributed by atoms with Crippen molar-refractivity contribution in [3.63, 3.8) is 0 Å². The maximum atomic E-state index is 11.5. The zero-order valence-electron chi connectivity index (χ0n) is 13.0. The van der Waals surface area contributed by atoms with E-state index in [2.05, 4.69) is 17.6 Å². The number of benzene rings is 1. The second-order valence-corrected chi connectivity index (χ2v) is 5.85. The van der Waals surface area contributed by atoms with Crippen LogP contribution in [-0.2, 0) is 4.74 Å². The van der Waals surface area contributed by atoms with Crippen molar-refractivity contribution in [2.75, 3.05) is 19.0 Å². The topological polar surface area (TPSA) is 50.4 Å². The van der Waals surface area contributed by atoms with Crippen molar-refractivity contribution in [3.8, 4) is 0 Å². The lowest BCUT2D eigenvalue weighted by Gasteiger charge is -2.22. The Morgan fingerprint density at radius 2 is 2.29 bits per heavy atom. The molecule has 2 rings (SSSR count). The normalized spacial score (nSPS) is 20.4. The first kappa shape index (κ1) is 15.8. The third-order valence-electron chi connectivity index (χ3n) is 4.00. The second kappa shape index (κ2) is 8.03. The van der Waals surface area contributed by atoms with E-state index in [0.29, 0.717) is 17.6 Å². The third kappa shape index (κ3) is 5.05. The number of carbonyl (C=O) groups is 1. The lowest BCUT2D eigenvalue weighted by atomic mass is 10.0. The van der Waals surface area contributed by atoms with Gasteiger partial charge in [-0.15, -0.1) is 0 Å². The predicted octanol–water partition coefficient (Wildman–Crippen LogP) is 3.20. The van der Waals surface area contributed by atoms with Crippen LogP contribution in [0.5, 0.6) is 0 Å². The van der Waals surface area contributed by atoms with Gasteiger partial charge >= 0.3 is 5.97 Å². The smallest absolute Gasteiger partial charge is 0.337 e. The highest BCUT2D eigenvalue weighted by molar-refractivity contribution is 5.90. The molecule has 1 aromatic carbocycles. The first-order valence-electron chi connectivity index (χ1n) is 7.87. The van der Waals surface area contributed by atoms with Gasteiger partial charge in [-0.3, -0.25) is 0 Å². The molecule has 21 heavy (non-hydrogen) atoms. The fraction of sp³-hybridized carbons (Fsp3) is 0.588. The Balaban J connectivity index is 1.89. The molecule has 4 nitrogen and oxygen atoms in total. The predicted molar refractivity (Wildman–Crippen MR) is 85.7 cm³/mol. The minimum Gasteiger partial charge on any atom is -0.465 e. The number of hydrogen-bond donors (Lipinski definition) is 2. The molecule has 1 aliphatic heterocycles. The molecule has 0 bridgehead atoms. The summed E-state index contributed by atoms with van der Waals surface area (Å²) in [5.41, 5.74) is 1.56. The zero-order chi connectivity index (χ0) is 15.1. The highest BCUT2D eigenvalue weighted by Crippen LogP contribution is 2.17. The molecule has 1 saturated heterocycles. The van der Waals surface area contributed by atoms with Crippen molar-refractivity contribution >= 4 is 11.7 Å². The van der Waals surface area contributed by atoms with Gasteiger partial charge in [0.15, 0.2) is 0 Å². The molecule has 0 amide bonds. The van der Waals surface area contributed by atoms with Crippen molar-refractivity contribution in [1.29, 1.82) is 0 Å². The Morgan fingerprint density at radius 3 is 3.10 bits per heavy atom. The molecule has 2 N–H and O–H groups in total. The van der Waals surface area contributed by atoms with Gasteiger partial charge in [0.1, 0.15) is 0 Å². The molecular weight excluding hydrogens is 264 g/mol. The van der Waals surface area contributed by atoms with E-state index in [9.17, 15) is 4.79 Å². The summed E-state index contributed by atoms with van der Waals surface area (Å²) in [5, 5.41) is 7.10. The average Bonchev–Trinajstić information content (AvgIpc) is 2.75. The molecule has 0 saturated carbocycles. The van der Waals surface area contributed by atoms with Crippen LogP contribution in [0.2, 0.25) is 0 Å². The van der Waals surface area contributed by atoms with Crippen LogP contribution in [0, 0.1) is 0 Å². The molecule has 116 valence electrons. The average molecular weight is 290 g/mol. The van der Waals surface area contributed by atoms with Crippen molar-refractivity contribution in [2.45, 2.75) is 51.1 Å². The van der Waals surface area contributed by atoms with Gasteiger partial charge in [-0.2, -0.15) is 0 Å². The SMILES string of the molecule is COC(=O)c1cccc(NC(C)CC2CCCCCN2)c1. The van der Waals surface area contributed by atoms with Crippen LogP contribution in [0.3, 0.4) is 0 Å². The van der Waals surface area contributed by atoms with Crippen LogP contribution < -0.4 is 10.6 Å².